The van der Waals surface area contributed by atoms with Crippen molar-refractivity contribution in [1.82, 2.24) is 9.80 Å². The number of hydrogen-bond acceptors (Lipinski definition) is 4. The average Bonchev–Trinajstić information content (AvgIpc) is 2.85. The van der Waals surface area contributed by atoms with Gasteiger partial charge >= 0.3 is 0 Å². The standard InChI is InChI=1S/C26H33N3O3/c1-20(21-8-6-11-23(19-21)32-2)18-25(30)28-16-14-27(15-17-28)24-12-7-13-29(26(24)31)22-9-4-3-5-10-22/h3-6,8-11,19-20,24H,7,12-18H2,1-2H3/t20-,24+/m1/s1. The van der Waals surface area contributed by atoms with Gasteiger partial charge in [0, 0.05) is 44.8 Å². The Bertz CT molecular complexity index is 925. The highest BCUT2D eigenvalue weighted by molar-refractivity contribution is 5.97. The molecule has 0 spiro atoms. The zero-order valence-corrected chi connectivity index (χ0v) is 19.1. The number of piperazine rings is 1. The van der Waals surface area contributed by atoms with E-state index in [1.165, 1.54) is 0 Å². The van der Waals surface area contributed by atoms with Gasteiger partial charge in [-0.1, -0.05) is 37.3 Å². The SMILES string of the molecule is COc1cccc([C@H](C)CC(=O)N2CCN([C@H]3CCCN(c4ccccc4)C3=O)CC2)c1. The molecule has 2 saturated heterocycles. The first kappa shape index (κ1) is 22.3. The van der Waals surface area contributed by atoms with Crippen LogP contribution in [0.5, 0.6) is 5.75 Å². The van der Waals surface area contributed by atoms with Gasteiger partial charge in [0.1, 0.15) is 5.75 Å². The summed E-state index contributed by atoms with van der Waals surface area (Å²) in [6.45, 7) is 5.72. The van der Waals surface area contributed by atoms with Gasteiger partial charge in [-0.05, 0) is 48.6 Å². The lowest BCUT2D eigenvalue weighted by Crippen LogP contribution is -2.58. The van der Waals surface area contributed by atoms with E-state index in [2.05, 4.69) is 11.8 Å². The van der Waals surface area contributed by atoms with E-state index in [1.807, 2.05) is 64.4 Å². The van der Waals surface area contributed by atoms with E-state index in [9.17, 15) is 9.59 Å². The zero-order chi connectivity index (χ0) is 22.5. The largest absolute Gasteiger partial charge is 0.497 e. The Morgan fingerprint density at radius 1 is 1.03 bits per heavy atom. The molecule has 0 aromatic heterocycles. The predicted molar refractivity (Wildman–Crippen MR) is 126 cm³/mol. The van der Waals surface area contributed by atoms with Crippen LogP contribution in [0.15, 0.2) is 54.6 Å². The van der Waals surface area contributed by atoms with Crippen LogP contribution >= 0.6 is 0 Å². The Balaban J connectivity index is 1.31. The van der Waals surface area contributed by atoms with Crippen LogP contribution in [0.3, 0.4) is 0 Å². The molecule has 0 N–H and O–H groups in total. The van der Waals surface area contributed by atoms with Gasteiger partial charge in [0.25, 0.3) is 0 Å². The minimum Gasteiger partial charge on any atom is -0.497 e. The van der Waals surface area contributed by atoms with Crippen LogP contribution in [0, 0.1) is 0 Å². The maximum atomic E-state index is 13.2. The van der Waals surface area contributed by atoms with Gasteiger partial charge in [-0.2, -0.15) is 0 Å². The molecule has 32 heavy (non-hydrogen) atoms. The van der Waals surface area contributed by atoms with Crippen molar-refractivity contribution >= 4 is 17.5 Å². The quantitative estimate of drug-likeness (QED) is 0.697. The Morgan fingerprint density at radius 3 is 2.50 bits per heavy atom. The summed E-state index contributed by atoms with van der Waals surface area (Å²) in [5.74, 6) is 1.32. The first-order valence-electron chi connectivity index (χ1n) is 11.6. The number of nitrogens with zero attached hydrogens (tertiary/aromatic N) is 3. The molecular weight excluding hydrogens is 402 g/mol. The number of amides is 2. The fourth-order valence-corrected chi connectivity index (χ4v) is 4.80. The number of carbonyl (C=O) groups excluding carboxylic acids is 2. The predicted octanol–water partition coefficient (Wildman–Crippen LogP) is 3.53. The Labute approximate surface area is 190 Å². The fraction of sp³-hybridized carbons (Fsp3) is 0.462. The van der Waals surface area contributed by atoms with E-state index in [0.717, 1.165) is 49.5 Å². The van der Waals surface area contributed by atoms with Crippen molar-refractivity contribution < 1.29 is 14.3 Å². The van der Waals surface area contributed by atoms with Gasteiger partial charge < -0.3 is 14.5 Å². The third-order valence-electron chi connectivity index (χ3n) is 6.73. The molecule has 0 aliphatic carbocycles. The second kappa shape index (κ2) is 10.2. The number of benzene rings is 2. The molecule has 0 radical (unpaired) electrons. The molecule has 4 rings (SSSR count). The number of carbonyl (C=O) groups is 2. The number of piperidine rings is 1. The molecule has 6 heteroatoms. The molecule has 2 aromatic rings. The van der Waals surface area contributed by atoms with Crippen LogP contribution < -0.4 is 9.64 Å². The van der Waals surface area contributed by atoms with Crippen LogP contribution in [0.2, 0.25) is 0 Å². The molecule has 0 unspecified atom stereocenters. The van der Waals surface area contributed by atoms with E-state index < -0.39 is 0 Å². The number of anilines is 1. The Hall–Kier alpha value is -2.86. The minimum atomic E-state index is -0.0862. The third kappa shape index (κ3) is 4.96. The summed E-state index contributed by atoms with van der Waals surface area (Å²) in [4.78, 5) is 32.3. The molecule has 0 saturated carbocycles. The Morgan fingerprint density at radius 2 is 1.78 bits per heavy atom. The fourth-order valence-electron chi connectivity index (χ4n) is 4.80. The van der Waals surface area contributed by atoms with E-state index in [0.29, 0.717) is 19.5 Å². The van der Waals surface area contributed by atoms with Crippen molar-refractivity contribution in [2.24, 2.45) is 0 Å². The van der Waals surface area contributed by atoms with Gasteiger partial charge in [-0.15, -0.1) is 0 Å². The highest BCUT2D eigenvalue weighted by Gasteiger charge is 2.36. The van der Waals surface area contributed by atoms with Crippen molar-refractivity contribution in [1.29, 1.82) is 0 Å². The third-order valence-corrected chi connectivity index (χ3v) is 6.73. The normalized spacial score (nSPS) is 20.8. The van der Waals surface area contributed by atoms with Crippen molar-refractivity contribution in [3.05, 3.63) is 60.2 Å². The number of ether oxygens (including phenoxy) is 1. The van der Waals surface area contributed by atoms with E-state index in [4.69, 9.17) is 4.74 Å². The van der Waals surface area contributed by atoms with Crippen molar-refractivity contribution in [3.8, 4) is 5.75 Å². The molecule has 6 nitrogen and oxygen atoms in total. The van der Waals surface area contributed by atoms with Crippen molar-refractivity contribution in [2.75, 3.05) is 44.7 Å². The number of hydrogen-bond donors (Lipinski definition) is 0. The van der Waals surface area contributed by atoms with Crippen molar-refractivity contribution in [2.45, 2.75) is 38.1 Å². The average molecular weight is 436 g/mol. The summed E-state index contributed by atoms with van der Waals surface area (Å²) in [7, 11) is 1.66. The molecule has 2 aliphatic heterocycles. The zero-order valence-electron chi connectivity index (χ0n) is 19.1. The highest BCUT2D eigenvalue weighted by atomic mass is 16.5. The van der Waals surface area contributed by atoms with Crippen LogP contribution in [0.1, 0.15) is 37.7 Å². The number of para-hydroxylation sites is 1. The lowest BCUT2D eigenvalue weighted by molar-refractivity contribution is -0.134. The summed E-state index contributed by atoms with van der Waals surface area (Å²) >= 11 is 0. The molecule has 2 atom stereocenters. The maximum Gasteiger partial charge on any atom is 0.244 e. The molecule has 0 bridgehead atoms. The molecule has 2 amide bonds. The maximum absolute atomic E-state index is 13.2. The molecule has 170 valence electrons. The second-order valence-corrected chi connectivity index (χ2v) is 8.78. The minimum absolute atomic E-state index is 0.0862. The van der Waals surface area contributed by atoms with Gasteiger partial charge in [0.05, 0.1) is 13.2 Å². The van der Waals surface area contributed by atoms with Crippen LogP contribution in [0.4, 0.5) is 5.69 Å². The van der Waals surface area contributed by atoms with E-state index in [-0.39, 0.29) is 23.8 Å². The molecule has 2 heterocycles. The smallest absolute Gasteiger partial charge is 0.244 e. The van der Waals surface area contributed by atoms with Crippen LogP contribution in [-0.2, 0) is 9.59 Å². The molecule has 2 aromatic carbocycles. The first-order chi connectivity index (χ1) is 15.6. The summed E-state index contributed by atoms with van der Waals surface area (Å²) in [5.41, 5.74) is 2.09. The number of rotatable bonds is 6. The summed E-state index contributed by atoms with van der Waals surface area (Å²) in [6, 6.07) is 17.8. The van der Waals surface area contributed by atoms with Crippen LogP contribution in [-0.4, -0.2) is 67.5 Å². The van der Waals surface area contributed by atoms with Crippen LogP contribution in [0.25, 0.3) is 0 Å². The monoisotopic (exact) mass is 435 g/mol. The topological polar surface area (TPSA) is 53.1 Å². The first-order valence-corrected chi connectivity index (χ1v) is 11.6. The molecule has 2 aliphatic rings. The summed E-state index contributed by atoms with van der Waals surface area (Å²) in [6.07, 6.45) is 2.38. The highest BCUT2D eigenvalue weighted by Crippen LogP contribution is 2.26. The van der Waals surface area contributed by atoms with E-state index >= 15 is 0 Å². The lowest BCUT2D eigenvalue weighted by atomic mass is 9.96. The molecule has 2 fully saturated rings. The number of methoxy groups -OCH3 is 1. The second-order valence-electron chi connectivity index (χ2n) is 8.78. The van der Waals surface area contributed by atoms with Crippen molar-refractivity contribution in [3.63, 3.8) is 0 Å². The van der Waals surface area contributed by atoms with Gasteiger partial charge in [0.15, 0.2) is 0 Å². The summed E-state index contributed by atoms with van der Waals surface area (Å²) < 4.78 is 5.31. The van der Waals surface area contributed by atoms with Gasteiger partial charge in [0.2, 0.25) is 11.8 Å². The van der Waals surface area contributed by atoms with Gasteiger partial charge in [-0.25, -0.2) is 0 Å². The summed E-state index contributed by atoms with van der Waals surface area (Å²) in [5, 5.41) is 0. The van der Waals surface area contributed by atoms with E-state index in [1.54, 1.807) is 7.11 Å². The Kier molecular flexibility index (Phi) is 7.10. The molecular formula is C26H33N3O3. The van der Waals surface area contributed by atoms with Gasteiger partial charge in [-0.3, -0.25) is 14.5 Å². The lowest BCUT2D eigenvalue weighted by Gasteiger charge is -2.42.